The van der Waals surface area contributed by atoms with Gasteiger partial charge in [0.25, 0.3) is 0 Å². The van der Waals surface area contributed by atoms with E-state index in [1.54, 1.807) is 37.4 Å². The Labute approximate surface area is 122 Å². The molecule has 0 aliphatic carbocycles. The van der Waals surface area contributed by atoms with Crippen molar-refractivity contribution in [2.45, 2.75) is 24.3 Å². The first kappa shape index (κ1) is 15.1. The minimum atomic E-state index is -3.56. The van der Waals surface area contributed by atoms with Crippen molar-refractivity contribution < 1.29 is 13.5 Å². The standard InChI is InChI=1S/C13H16N2O3S2/c1-10(13-14-7-9-19-13)15-20(17,18)12-4-2-11(3-5-12)6-8-16/h2-5,7,9-10,15-16H,6,8H2,1H3. The molecular formula is C13H16N2O3S2. The van der Waals surface area contributed by atoms with Crippen molar-refractivity contribution in [3.63, 3.8) is 0 Å². The van der Waals surface area contributed by atoms with Gasteiger partial charge in [-0.1, -0.05) is 12.1 Å². The normalized spacial score (nSPS) is 13.3. The van der Waals surface area contributed by atoms with E-state index in [0.717, 1.165) is 10.6 Å². The molecule has 1 aromatic heterocycles. The first-order valence-corrected chi connectivity index (χ1v) is 8.51. The first-order chi connectivity index (χ1) is 9.53. The second-order valence-electron chi connectivity index (χ2n) is 4.33. The summed E-state index contributed by atoms with van der Waals surface area (Å²) < 4.78 is 27.0. The van der Waals surface area contributed by atoms with Crippen LogP contribution in [0.1, 0.15) is 23.5 Å². The third-order valence-corrected chi connectivity index (χ3v) is 5.30. The molecule has 0 saturated heterocycles. The van der Waals surface area contributed by atoms with E-state index in [0.29, 0.717) is 6.42 Å². The maximum absolute atomic E-state index is 12.2. The summed E-state index contributed by atoms with van der Waals surface area (Å²) in [5.41, 5.74) is 0.902. The Morgan fingerprint density at radius 2 is 2.05 bits per heavy atom. The summed E-state index contributed by atoms with van der Waals surface area (Å²) in [7, 11) is -3.56. The van der Waals surface area contributed by atoms with Gasteiger partial charge < -0.3 is 5.11 Å². The molecule has 0 spiro atoms. The summed E-state index contributed by atoms with van der Waals surface area (Å²) in [4.78, 5) is 4.31. The van der Waals surface area contributed by atoms with Crippen LogP contribution in [-0.2, 0) is 16.4 Å². The van der Waals surface area contributed by atoms with E-state index in [2.05, 4.69) is 9.71 Å². The summed E-state index contributed by atoms with van der Waals surface area (Å²) in [6.45, 7) is 1.81. The number of benzene rings is 1. The zero-order valence-corrected chi connectivity index (χ0v) is 12.6. The van der Waals surface area contributed by atoms with Gasteiger partial charge in [-0.3, -0.25) is 0 Å². The molecule has 1 aromatic carbocycles. The van der Waals surface area contributed by atoms with Crippen LogP contribution < -0.4 is 4.72 Å². The third-order valence-electron chi connectivity index (χ3n) is 2.79. The molecule has 7 heteroatoms. The van der Waals surface area contributed by atoms with E-state index < -0.39 is 10.0 Å². The van der Waals surface area contributed by atoms with E-state index >= 15 is 0 Å². The second-order valence-corrected chi connectivity index (χ2v) is 6.97. The Kier molecular flexibility index (Phi) is 4.87. The lowest BCUT2D eigenvalue weighted by Gasteiger charge is -2.12. The number of aliphatic hydroxyl groups is 1. The lowest BCUT2D eigenvalue weighted by molar-refractivity contribution is 0.299. The van der Waals surface area contributed by atoms with Crippen molar-refractivity contribution >= 4 is 21.4 Å². The minimum absolute atomic E-state index is 0.0471. The number of hydrogen-bond acceptors (Lipinski definition) is 5. The van der Waals surface area contributed by atoms with Crippen LogP contribution in [0.25, 0.3) is 0 Å². The van der Waals surface area contributed by atoms with Gasteiger partial charge in [-0.15, -0.1) is 11.3 Å². The highest BCUT2D eigenvalue weighted by molar-refractivity contribution is 7.89. The predicted octanol–water partition coefficient (Wildman–Crippen LogP) is 1.72. The zero-order valence-electron chi connectivity index (χ0n) is 11.0. The molecule has 0 bridgehead atoms. The van der Waals surface area contributed by atoms with Gasteiger partial charge in [-0.2, -0.15) is 0 Å². The SMILES string of the molecule is CC(NS(=O)(=O)c1ccc(CCO)cc1)c1nccs1. The summed E-state index contributed by atoms with van der Waals surface area (Å²) in [6.07, 6.45) is 2.16. The van der Waals surface area contributed by atoms with Gasteiger partial charge in [-0.05, 0) is 31.0 Å². The average Bonchev–Trinajstić information content (AvgIpc) is 2.93. The van der Waals surface area contributed by atoms with E-state index in [1.165, 1.54) is 11.3 Å². The van der Waals surface area contributed by atoms with Crippen molar-refractivity contribution in [2.75, 3.05) is 6.61 Å². The quantitative estimate of drug-likeness (QED) is 0.851. The molecule has 0 amide bonds. The molecule has 0 radical (unpaired) electrons. The molecule has 20 heavy (non-hydrogen) atoms. The number of thiazole rings is 1. The fourth-order valence-electron chi connectivity index (χ4n) is 1.76. The molecule has 2 N–H and O–H groups in total. The summed E-state index contributed by atoms with van der Waals surface area (Å²) >= 11 is 1.41. The Bertz CT molecular complexity index is 637. The Hall–Kier alpha value is -1.28. The highest BCUT2D eigenvalue weighted by Crippen LogP contribution is 2.19. The average molecular weight is 312 g/mol. The number of nitrogens with one attached hydrogen (secondary N) is 1. The van der Waals surface area contributed by atoms with Crippen LogP contribution in [0.2, 0.25) is 0 Å². The Morgan fingerprint density at radius 3 is 2.60 bits per heavy atom. The predicted molar refractivity (Wildman–Crippen MR) is 78.1 cm³/mol. The maximum atomic E-state index is 12.2. The first-order valence-electron chi connectivity index (χ1n) is 6.14. The molecule has 108 valence electrons. The third kappa shape index (κ3) is 3.63. The van der Waals surface area contributed by atoms with Crippen molar-refractivity contribution in [3.05, 3.63) is 46.4 Å². The van der Waals surface area contributed by atoms with Gasteiger partial charge in [0, 0.05) is 18.2 Å². The number of aromatic nitrogens is 1. The van der Waals surface area contributed by atoms with Crippen LogP contribution in [0.4, 0.5) is 0 Å². The molecule has 1 unspecified atom stereocenters. The van der Waals surface area contributed by atoms with Crippen LogP contribution in [0.5, 0.6) is 0 Å². The van der Waals surface area contributed by atoms with Crippen LogP contribution in [0.3, 0.4) is 0 Å². The summed E-state index contributed by atoms with van der Waals surface area (Å²) in [6, 6.07) is 6.14. The highest BCUT2D eigenvalue weighted by Gasteiger charge is 2.19. The van der Waals surface area contributed by atoms with Crippen molar-refractivity contribution in [1.29, 1.82) is 0 Å². The van der Waals surface area contributed by atoms with E-state index in [9.17, 15) is 8.42 Å². The van der Waals surface area contributed by atoms with E-state index in [1.807, 2.05) is 5.38 Å². The van der Waals surface area contributed by atoms with Gasteiger partial charge in [0.05, 0.1) is 10.9 Å². The molecule has 1 heterocycles. The van der Waals surface area contributed by atoms with Gasteiger partial charge >= 0.3 is 0 Å². The fraction of sp³-hybridized carbons (Fsp3) is 0.308. The molecular weight excluding hydrogens is 296 g/mol. The molecule has 1 atom stereocenters. The minimum Gasteiger partial charge on any atom is -0.396 e. The largest absolute Gasteiger partial charge is 0.396 e. The highest BCUT2D eigenvalue weighted by atomic mass is 32.2. The van der Waals surface area contributed by atoms with Gasteiger partial charge in [0.1, 0.15) is 5.01 Å². The summed E-state index contributed by atoms with van der Waals surface area (Å²) in [5, 5.41) is 11.4. The topological polar surface area (TPSA) is 79.3 Å². The number of rotatable bonds is 6. The molecule has 0 saturated carbocycles. The molecule has 2 aromatic rings. The number of nitrogens with zero attached hydrogens (tertiary/aromatic N) is 1. The van der Waals surface area contributed by atoms with Gasteiger partial charge in [-0.25, -0.2) is 18.1 Å². The lowest BCUT2D eigenvalue weighted by Crippen LogP contribution is -2.26. The zero-order chi connectivity index (χ0) is 14.6. The second kappa shape index (κ2) is 6.45. The molecule has 0 aliphatic rings. The maximum Gasteiger partial charge on any atom is 0.241 e. The van der Waals surface area contributed by atoms with Gasteiger partial charge in [0.2, 0.25) is 10.0 Å². The van der Waals surface area contributed by atoms with Crippen molar-refractivity contribution in [1.82, 2.24) is 9.71 Å². The lowest BCUT2D eigenvalue weighted by atomic mass is 10.2. The van der Waals surface area contributed by atoms with Crippen LogP contribution in [-0.4, -0.2) is 25.1 Å². The van der Waals surface area contributed by atoms with Crippen molar-refractivity contribution in [3.8, 4) is 0 Å². The fourth-order valence-corrected chi connectivity index (χ4v) is 3.69. The van der Waals surface area contributed by atoms with Crippen LogP contribution in [0, 0.1) is 0 Å². The molecule has 0 fully saturated rings. The number of sulfonamides is 1. The van der Waals surface area contributed by atoms with Crippen molar-refractivity contribution in [2.24, 2.45) is 0 Å². The molecule has 5 nitrogen and oxygen atoms in total. The Balaban J connectivity index is 2.13. The summed E-state index contributed by atoms with van der Waals surface area (Å²) in [5.74, 6) is 0. The number of aliphatic hydroxyl groups excluding tert-OH is 1. The number of hydrogen-bond donors (Lipinski definition) is 2. The van der Waals surface area contributed by atoms with E-state index in [-0.39, 0.29) is 17.5 Å². The van der Waals surface area contributed by atoms with Crippen LogP contribution >= 0.6 is 11.3 Å². The molecule has 0 aliphatic heterocycles. The Morgan fingerprint density at radius 1 is 1.35 bits per heavy atom. The monoisotopic (exact) mass is 312 g/mol. The molecule has 2 rings (SSSR count). The van der Waals surface area contributed by atoms with Crippen LogP contribution in [0.15, 0.2) is 40.7 Å². The van der Waals surface area contributed by atoms with Gasteiger partial charge in [0.15, 0.2) is 0 Å². The van der Waals surface area contributed by atoms with E-state index in [4.69, 9.17) is 5.11 Å². The smallest absolute Gasteiger partial charge is 0.241 e.